The van der Waals surface area contributed by atoms with Crippen LogP contribution in [0.3, 0.4) is 0 Å². The Hall–Kier alpha value is -1.43. The lowest BCUT2D eigenvalue weighted by Crippen LogP contribution is -2.15. The SMILES string of the molecule is CCCc1c(CC(=O)O)nnn1C(C)CO. The summed E-state index contributed by atoms with van der Waals surface area (Å²) < 4.78 is 1.61. The van der Waals surface area contributed by atoms with E-state index in [-0.39, 0.29) is 19.1 Å². The number of aliphatic carboxylic acids is 1. The summed E-state index contributed by atoms with van der Waals surface area (Å²) >= 11 is 0. The number of rotatable bonds is 6. The smallest absolute Gasteiger partial charge is 0.309 e. The number of carboxylic acids is 1. The Bertz CT molecular complexity index is 362. The summed E-state index contributed by atoms with van der Waals surface area (Å²) in [6.45, 7) is 3.79. The van der Waals surface area contributed by atoms with Gasteiger partial charge in [-0.15, -0.1) is 5.10 Å². The van der Waals surface area contributed by atoms with E-state index in [1.807, 2.05) is 13.8 Å². The van der Waals surface area contributed by atoms with Crippen LogP contribution in [-0.4, -0.2) is 37.8 Å². The molecule has 0 radical (unpaired) electrons. The first-order valence-corrected chi connectivity index (χ1v) is 5.35. The molecule has 16 heavy (non-hydrogen) atoms. The van der Waals surface area contributed by atoms with Gasteiger partial charge in [-0.3, -0.25) is 4.79 Å². The summed E-state index contributed by atoms with van der Waals surface area (Å²) in [6.07, 6.45) is 1.49. The molecule has 6 nitrogen and oxygen atoms in total. The van der Waals surface area contributed by atoms with E-state index >= 15 is 0 Å². The Morgan fingerprint density at radius 1 is 1.56 bits per heavy atom. The lowest BCUT2D eigenvalue weighted by molar-refractivity contribution is -0.136. The van der Waals surface area contributed by atoms with Crippen molar-refractivity contribution in [2.75, 3.05) is 6.61 Å². The third-order valence-corrected chi connectivity index (χ3v) is 2.36. The number of aromatic nitrogens is 3. The highest BCUT2D eigenvalue weighted by Crippen LogP contribution is 2.14. The van der Waals surface area contributed by atoms with E-state index in [1.165, 1.54) is 0 Å². The zero-order chi connectivity index (χ0) is 12.1. The van der Waals surface area contributed by atoms with E-state index in [2.05, 4.69) is 10.3 Å². The quantitative estimate of drug-likeness (QED) is 0.735. The molecule has 1 heterocycles. The number of hydrogen-bond acceptors (Lipinski definition) is 4. The number of aliphatic hydroxyl groups excluding tert-OH is 1. The summed E-state index contributed by atoms with van der Waals surface area (Å²) in [4.78, 5) is 10.6. The van der Waals surface area contributed by atoms with Gasteiger partial charge < -0.3 is 10.2 Å². The molecule has 1 aromatic heterocycles. The van der Waals surface area contributed by atoms with Gasteiger partial charge >= 0.3 is 5.97 Å². The minimum absolute atomic E-state index is 0.0351. The standard InChI is InChI=1S/C10H17N3O3/c1-3-4-9-8(5-10(15)16)11-12-13(9)7(2)6-14/h7,14H,3-6H2,1-2H3,(H,15,16). The van der Waals surface area contributed by atoms with Gasteiger partial charge in [0, 0.05) is 0 Å². The predicted molar refractivity (Wildman–Crippen MR) is 57.2 cm³/mol. The van der Waals surface area contributed by atoms with Crippen molar-refractivity contribution < 1.29 is 15.0 Å². The average molecular weight is 227 g/mol. The summed E-state index contributed by atoms with van der Waals surface area (Å²) in [6, 6.07) is -0.170. The number of carbonyl (C=O) groups is 1. The molecule has 0 aliphatic rings. The lowest BCUT2D eigenvalue weighted by atomic mass is 10.1. The number of nitrogens with zero attached hydrogens (tertiary/aromatic N) is 3. The van der Waals surface area contributed by atoms with Crippen molar-refractivity contribution in [2.45, 2.75) is 39.2 Å². The summed E-state index contributed by atoms with van der Waals surface area (Å²) in [5, 5.41) is 25.6. The van der Waals surface area contributed by atoms with E-state index in [0.717, 1.165) is 18.5 Å². The first-order valence-electron chi connectivity index (χ1n) is 5.35. The van der Waals surface area contributed by atoms with Gasteiger partial charge in [0.25, 0.3) is 0 Å². The summed E-state index contributed by atoms with van der Waals surface area (Å²) in [5.74, 6) is -0.916. The van der Waals surface area contributed by atoms with Crippen LogP contribution in [0.15, 0.2) is 0 Å². The molecule has 2 N–H and O–H groups in total. The molecule has 0 saturated heterocycles. The molecule has 0 aliphatic heterocycles. The highest BCUT2D eigenvalue weighted by Gasteiger charge is 2.17. The van der Waals surface area contributed by atoms with Gasteiger partial charge in [-0.2, -0.15) is 0 Å². The Kier molecular flexibility index (Phi) is 4.42. The lowest BCUT2D eigenvalue weighted by Gasteiger charge is -2.11. The average Bonchev–Trinajstić information content (AvgIpc) is 2.61. The van der Waals surface area contributed by atoms with Gasteiger partial charge in [-0.25, -0.2) is 4.68 Å². The van der Waals surface area contributed by atoms with Gasteiger partial charge in [0.15, 0.2) is 0 Å². The maximum atomic E-state index is 10.6. The van der Waals surface area contributed by atoms with Gasteiger partial charge in [-0.1, -0.05) is 18.6 Å². The van der Waals surface area contributed by atoms with Crippen LogP contribution in [0.4, 0.5) is 0 Å². The number of hydrogen-bond donors (Lipinski definition) is 2. The first-order chi connectivity index (χ1) is 7.60. The highest BCUT2D eigenvalue weighted by molar-refractivity contribution is 5.69. The zero-order valence-corrected chi connectivity index (χ0v) is 9.55. The van der Waals surface area contributed by atoms with Crippen molar-refractivity contribution in [3.63, 3.8) is 0 Å². The van der Waals surface area contributed by atoms with E-state index in [1.54, 1.807) is 4.68 Å². The van der Waals surface area contributed by atoms with Crippen molar-refractivity contribution in [3.8, 4) is 0 Å². The highest BCUT2D eigenvalue weighted by atomic mass is 16.4. The van der Waals surface area contributed by atoms with Crippen LogP contribution in [0.25, 0.3) is 0 Å². The topological polar surface area (TPSA) is 88.2 Å². The molecule has 6 heteroatoms. The van der Waals surface area contributed by atoms with Crippen LogP contribution in [0.5, 0.6) is 0 Å². The number of aliphatic hydroxyl groups is 1. The largest absolute Gasteiger partial charge is 0.481 e. The fourth-order valence-corrected chi connectivity index (χ4v) is 1.55. The molecule has 1 atom stereocenters. The molecule has 1 aromatic rings. The van der Waals surface area contributed by atoms with E-state index in [9.17, 15) is 4.79 Å². The van der Waals surface area contributed by atoms with Gasteiger partial charge in [-0.05, 0) is 13.3 Å². The Morgan fingerprint density at radius 3 is 2.75 bits per heavy atom. The van der Waals surface area contributed by atoms with E-state index in [4.69, 9.17) is 10.2 Å². The fraction of sp³-hybridized carbons (Fsp3) is 0.700. The summed E-state index contributed by atoms with van der Waals surface area (Å²) in [7, 11) is 0. The number of carboxylic acid groups (broad SMARTS) is 1. The maximum absolute atomic E-state index is 10.6. The monoisotopic (exact) mass is 227 g/mol. The molecule has 0 aromatic carbocycles. The molecule has 1 unspecified atom stereocenters. The third-order valence-electron chi connectivity index (χ3n) is 2.36. The van der Waals surface area contributed by atoms with Crippen LogP contribution in [0.2, 0.25) is 0 Å². The van der Waals surface area contributed by atoms with Crippen LogP contribution in [0.1, 0.15) is 37.7 Å². The minimum atomic E-state index is -0.916. The van der Waals surface area contributed by atoms with Crippen molar-refractivity contribution in [2.24, 2.45) is 0 Å². The molecule has 0 aliphatic carbocycles. The Balaban J connectivity index is 3.00. The summed E-state index contributed by atoms with van der Waals surface area (Å²) in [5.41, 5.74) is 1.31. The van der Waals surface area contributed by atoms with Crippen molar-refractivity contribution in [3.05, 3.63) is 11.4 Å². The molecule has 0 saturated carbocycles. The second-order valence-corrected chi connectivity index (χ2v) is 3.78. The van der Waals surface area contributed by atoms with Crippen molar-refractivity contribution in [1.82, 2.24) is 15.0 Å². The van der Waals surface area contributed by atoms with Gasteiger partial charge in [0.05, 0.1) is 30.5 Å². The molecule has 0 fully saturated rings. The molecule has 1 rings (SSSR count). The molecular weight excluding hydrogens is 210 g/mol. The van der Waals surface area contributed by atoms with Gasteiger partial charge in [0.2, 0.25) is 0 Å². The second kappa shape index (κ2) is 5.60. The fourth-order valence-electron chi connectivity index (χ4n) is 1.55. The molecule has 0 amide bonds. The van der Waals surface area contributed by atoms with Crippen LogP contribution in [-0.2, 0) is 17.6 Å². The molecule has 90 valence electrons. The minimum Gasteiger partial charge on any atom is -0.481 e. The zero-order valence-electron chi connectivity index (χ0n) is 9.55. The Morgan fingerprint density at radius 2 is 2.25 bits per heavy atom. The van der Waals surface area contributed by atoms with Crippen molar-refractivity contribution >= 4 is 5.97 Å². The van der Waals surface area contributed by atoms with E-state index < -0.39 is 5.97 Å². The van der Waals surface area contributed by atoms with Crippen LogP contribution in [0, 0.1) is 0 Å². The van der Waals surface area contributed by atoms with E-state index in [0.29, 0.717) is 5.69 Å². The molecule has 0 spiro atoms. The second-order valence-electron chi connectivity index (χ2n) is 3.78. The first kappa shape index (κ1) is 12.6. The van der Waals surface area contributed by atoms with Crippen LogP contribution < -0.4 is 0 Å². The molecular formula is C10H17N3O3. The maximum Gasteiger partial charge on any atom is 0.309 e. The van der Waals surface area contributed by atoms with Crippen molar-refractivity contribution in [1.29, 1.82) is 0 Å². The molecule has 0 bridgehead atoms. The van der Waals surface area contributed by atoms with Crippen LogP contribution >= 0.6 is 0 Å². The Labute approximate surface area is 93.9 Å². The predicted octanol–water partition coefficient (Wildman–Crippen LogP) is 0.411. The third kappa shape index (κ3) is 2.79. The normalized spacial score (nSPS) is 12.7. The van der Waals surface area contributed by atoms with Gasteiger partial charge in [0.1, 0.15) is 0 Å².